The fourth-order valence-electron chi connectivity index (χ4n) is 10.5. The third-order valence-electron chi connectivity index (χ3n) is 12.9. The van der Waals surface area contributed by atoms with Crippen LogP contribution in [0.4, 0.5) is 0 Å². The zero-order valence-corrected chi connectivity index (χ0v) is 32.7. The van der Waals surface area contributed by atoms with Gasteiger partial charge in [-0.25, -0.2) is 0 Å². The summed E-state index contributed by atoms with van der Waals surface area (Å²) >= 11 is 0. The van der Waals surface area contributed by atoms with Gasteiger partial charge in [0, 0.05) is 43.8 Å². The van der Waals surface area contributed by atoms with Crippen LogP contribution in [0.5, 0.6) is 0 Å². The summed E-state index contributed by atoms with van der Waals surface area (Å²) in [5, 5.41) is 11.9. The van der Waals surface area contributed by atoms with Gasteiger partial charge in [-0.1, -0.05) is 182 Å². The van der Waals surface area contributed by atoms with Crippen molar-refractivity contribution in [3.63, 3.8) is 0 Å². The van der Waals surface area contributed by atoms with Gasteiger partial charge < -0.3 is 8.83 Å². The zero-order valence-electron chi connectivity index (χ0n) is 32.7. The number of hydrogen-bond acceptors (Lipinski definition) is 2. The Kier molecular flexibility index (Phi) is 7.17. The molecule has 60 heavy (non-hydrogen) atoms. The van der Waals surface area contributed by atoms with Crippen LogP contribution < -0.4 is 0 Å². The number of fused-ring (bicyclic) bond motifs is 10. The van der Waals surface area contributed by atoms with Gasteiger partial charge >= 0.3 is 0 Å². The number of benzene rings is 10. The summed E-state index contributed by atoms with van der Waals surface area (Å²) in [5.74, 6) is 0. The Labute approximate surface area is 346 Å². The molecule has 0 aliphatic heterocycles. The van der Waals surface area contributed by atoms with Crippen LogP contribution in [0.15, 0.2) is 197 Å². The van der Waals surface area contributed by atoms with Gasteiger partial charge in [-0.15, -0.1) is 0 Å². The van der Waals surface area contributed by atoms with Crippen molar-refractivity contribution in [2.24, 2.45) is 0 Å². The van der Waals surface area contributed by atoms with E-state index in [1.165, 1.54) is 76.8 Å². The normalized spacial score (nSPS) is 12.8. The van der Waals surface area contributed by atoms with E-state index in [2.05, 4.69) is 188 Å². The van der Waals surface area contributed by atoms with Crippen LogP contribution in [0, 0.1) is 0 Å². The van der Waals surface area contributed by atoms with Crippen LogP contribution in [0.2, 0.25) is 0 Å². The van der Waals surface area contributed by atoms with Crippen LogP contribution >= 0.6 is 0 Å². The molecule has 0 saturated carbocycles. The van der Waals surface area contributed by atoms with Gasteiger partial charge in [-0.2, -0.15) is 0 Å². The largest absolute Gasteiger partial charge is 0.455 e. The summed E-state index contributed by atoms with van der Waals surface area (Å²) in [4.78, 5) is 0. The first-order valence-electron chi connectivity index (χ1n) is 20.9. The molecule has 0 unspecified atom stereocenters. The average molecular weight is 765 g/mol. The predicted molar refractivity (Wildman–Crippen MR) is 253 cm³/mol. The maximum Gasteiger partial charge on any atom is 0.143 e. The molecule has 0 spiro atoms. The molecule has 1 aliphatic rings. The summed E-state index contributed by atoms with van der Waals surface area (Å²) in [6.45, 7) is 0. The first-order valence-corrected chi connectivity index (χ1v) is 20.9. The molecule has 12 aromatic rings. The Hall–Kier alpha value is -7.68. The molecule has 2 aromatic heterocycles. The Morgan fingerprint density at radius 1 is 0.333 bits per heavy atom. The van der Waals surface area contributed by atoms with Gasteiger partial charge in [-0.05, 0) is 90.7 Å². The lowest BCUT2D eigenvalue weighted by atomic mass is 9.79. The molecule has 13 rings (SSSR count). The van der Waals surface area contributed by atoms with Crippen molar-refractivity contribution in [1.29, 1.82) is 0 Å². The van der Waals surface area contributed by atoms with Crippen molar-refractivity contribution in [2.45, 2.75) is 12.8 Å². The second kappa shape index (κ2) is 12.9. The molecular weight excluding hydrogens is 729 g/mol. The van der Waals surface area contributed by atoms with E-state index in [9.17, 15) is 0 Å². The molecule has 0 atom stereocenters. The maximum atomic E-state index is 7.11. The highest BCUT2D eigenvalue weighted by molar-refractivity contribution is 6.26. The molecule has 2 heterocycles. The summed E-state index contributed by atoms with van der Waals surface area (Å²) in [6, 6.07) is 65.8. The Morgan fingerprint density at radius 3 is 1.53 bits per heavy atom. The number of hydrogen-bond donors (Lipinski definition) is 0. The van der Waals surface area contributed by atoms with Crippen molar-refractivity contribution in [1.82, 2.24) is 0 Å². The minimum atomic E-state index is 0.893. The van der Waals surface area contributed by atoms with Crippen molar-refractivity contribution in [2.75, 3.05) is 0 Å². The van der Waals surface area contributed by atoms with E-state index in [-0.39, 0.29) is 0 Å². The summed E-state index contributed by atoms with van der Waals surface area (Å²) in [5.41, 5.74) is 15.9. The second-order valence-corrected chi connectivity index (χ2v) is 16.1. The molecule has 0 N–H and O–H groups in total. The lowest BCUT2D eigenvalue weighted by Crippen LogP contribution is -2.02. The first-order chi connectivity index (χ1) is 29.8. The van der Waals surface area contributed by atoms with E-state index >= 15 is 0 Å². The van der Waals surface area contributed by atoms with Crippen LogP contribution in [0.3, 0.4) is 0 Å². The third kappa shape index (κ3) is 4.70. The molecule has 0 radical (unpaired) electrons. The van der Waals surface area contributed by atoms with Crippen molar-refractivity contribution in [3.05, 3.63) is 199 Å². The number of rotatable bonds is 4. The van der Waals surface area contributed by atoms with Crippen molar-refractivity contribution < 1.29 is 8.83 Å². The maximum absolute atomic E-state index is 7.11. The van der Waals surface area contributed by atoms with Crippen molar-refractivity contribution in [3.8, 4) is 44.5 Å². The smallest absolute Gasteiger partial charge is 0.143 e. The highest BCUT2D eigenvalue weighted by atomic mass is 16.3. The molecule has 0 saturated heterocycles. The number of furan rings is 2. The quantitative estimate of drug-likeness (QED) is 0.167. The van der Waals surface area contributed by atoms with Gasteiger partial charge in [0.15, 0.2) is 0 Å². The van der Waals surface area contributed by atoms with Crippen LogP contribution in [0.25, 0.3) is 127 Å². The number of para-hydroxylation sites is 3. The lowest BCUT2D eigenvalue weighted by molar-refractivity contribution is 0.670. The van der Waals surface area contributed by atoms with Gasteiger partial charge in [-0.3, -0.25) is 0 Å². The average Bonchev–Trinajstić information content (AvgIpc) is 3.90. The summed E-state index contributed by atoms with van der Waals surface area (Å²) < 4.78 is 13.8. The van der Waals surface area contributed by atoms with Crippen LogP contribution in [-0.2, 0) is 6.42 Å². The minimum absolute atomic E-state index is 0.893. The van der Waals surface area contributed by atoms with Gasteiger partial charge in [0.25, 0.3) is 0 Å². The van der Waals surface area contributed by atoms with E-state index in [1.807, 2.05) is 6.07 Å². The molecule has 10 aromatic carbocycles. The van der Waals surface area contributed by atoms with Crippen molar-refractivity contribution >= 4 is 82.3 Å². The third-order valence-corrected chi connectivity index (χ3v) is 12.9. The SMILES string of the molecule is C1=Cc2c(c(-c3cccc4oc5c(-c6c7ccccc7c(-c7ccccc7)c7ccccc67)cccc5c34)c3ccccc3c2-c2cccc3c2oc2ccccc23)CC1. The fraction of sp³-hybridized carbons (Fsp3) is 0.0345. The predicted octanol–water partition coefficient (Wildman–Crippen LogP) is 16.6. The molecule has 2 heteroatoms. The molecule has 2 nitrogen and oxygen atoms in total. The highest BCUT2D eigenvalue weighted by Crippen LogP contribution is 2.51. The molecule has 0 bridgehead atoms. The summed E-state index contributed by atoms with van der Waals surface area (Å²) in [6.07, 6.45) is 6.61. The topological polar surface area (TPSA) is 26.3 Å². The lowest BCUT2D eigenvalue weighted by Gasteiger charge is -2.24. The van der Waals surface area contributed by atoms with E-state index in [4.69, 9.17) is 8.83 Å². The molecule has 1 aliphatic carbocycles. The minimum Gasteiger partial charge on any atom is -0.455 e. The monoisotopic (exact) mass is 764 g/mol. The van der Waals surface area contributed by atoms with Gasteiger partial charge in [0.2, 0.25) is 0 Å². The zero-order chi connectivity index (χ0) is 39.3. The standard InChI is InChI=1S/C58H36O2/c1-2-17-35(18-3-1)52-37-20-4-6-22-39(37)54(40-23-7-5-21-38(40)52)48-31-15-32-49-56-46(29-16-34-51(56)60-58(48)49)53-41-24-8-10-26-43(41)55(44-27-11-9-25-42(44)53)47-30-14-28-45-36-19-12-13-33-50(36)59-57(45)47/h1-8,10-24,26-34H,9,25H2. The van der Waals surface area contributed by atoms with E-state index < -0.39 is 0 Å². The molecule has 0 amide bonds. The fourth-order valence-corrected chi connectivity index (χ4v) is 10.5. The van der Waals surface area contributed by atoms with Crippen LogP contribution in [0.1, 0.15) is 17.5 Å². The molecular formula is C58H36O2. The Morgan fingerprint density at radius 2 is 0.817 bits per heavy atom. The van der Waals surface area contributed by atoms with E-state index in [0.717, 1.165) is 67.8 Å². The summed E-state index contributed by atoms with van der Waals surface area (Å²) in [7, 11) is 0. The van der Waals surface area contributed by atoms with Crippen LogP contribution in [-0.4, -0.2) is 0 Å². The van der Waals surface area contributed by atoms with Gasteiger partial charge in [0.1, 0.15) is 22.3 Å². The molecule has 0 fully saturated rings. The van der Waals surface area contributed by atoms with E-state index in [1.54, 1.807) is 0 Å². The Bertz CT molecular complexity index is 3710. The Balaban J connectivity index is 1.10. The number of allylic oxidation sites excluding steroid dienone is 1. The van der Waals surface area contributed by atoms with E-state index in [0.29, 0.717) is 0 Å². The first kappa shape index (κ1) is 33.3. The van der Waals surface area contributed by atoms with Gasteiger partial charge in [0.05, 0.1) is 0 Å². The second-order valence-electron chi connectivity index (χ2n) is 16.1. The highest BCUT2D eigenvalue weighted by Gasteiger charge is 2.27. The molecule has 280 valence electrons.